The molecule has 0 saturated heterocycles. The second-order valence-electron chi connectivity index (χ2n) is 11.8. The molecular weight excluding hydrogens is 576 g/mol. The standard InChI is InChI=1S/C42H24N4O/c1-2-12-27-24-28(21-20-25(27)10-1)40-44-41(33-16-9-19-36-37(33)32-15-6-8-18-35(32)47-36)46-42(45-40)39-38-29-13-4-3-11-26(29)22-23-31(38)30-14-5-7-17-34(30)43-39/h1-24H. The predicted molar refractivity (Wildman–Crippen MR) is 191 cm³/mol. The van der Waals surface area contributed by atoms with Gasteiger partial charge in [-0.05, 0) is 51.2 Å². The fourth-order valence-electron chi connectivity index (χ4n) is 6.91. The Morgan fingerprint density at radius 3 is 1.98 bits per heavy atom. The van der Waals surface area contributed by atoms with E-state index in [0.717, 1.165) is 82.0 Å². The van der Waals surface area contributed by atoms with Crippen LogP contribution in [0.15, 0.2) is 150 Å². The van der Waals surface area contributed by atoms with Crippen LogP contribution in [-0.2, 0) is 0 Å². The molecule has 0 unspecified atom stereocenters. The highest BCUT2D eigenvalue weighted by atomic mass is 16.3. The fourth-order valence-corrected chi connectivity index (χ4v) is 6.91. The Balaban J connectivity index is 1.33. The molecule has 5 nitrogen and oxygen atoms in total. The van der Waals surface area contributed by atoms with Crippen LogP contribution in [0.1, 0.15) is 0 Å². The minimum atomic E-state index is 0.523. The van der Waals surface area contributed by atoms with E-state index in [1.54, 1.807) is 0 Å². The van der Waals surface area contributed by atoms with Crippen LogP contribution in [0, 0.1) is 0 Å². The zero-order valence-corrected chi connectivity index (χ0v) is 25.1. The van der Waals surface area contributed by atoms with Gasteiger partial charge in [-0.25, -0.2) is 19.9 Å². The van der Waals surface area contributed by atoms with Crippen LogP contribution in [0.25, 0.3) is 99.5 Å². The van der Waals surface area contributed by atoms with Crippen molar-refractivity contribution in [1.82, 2.24) is 19.9 Å². The zero-order chi connectivity index (χ0) is 30.9. The van der Waals surface area contributed by atoms with Gasteiger partial charge in [0.25, 0.3) is 0 Å². The van der Waals surface area contributed by atoms with E-state index in [0.29, 0.717) is 17.5 Å². The summed E-state index contributed by atoms with van der Waals surface area (Å²) in [5, 5.41) is 9.75. The molecule has 0 saturated carbocycles. The Morgan fingerprint density at radius 2 is 1.06 bits per heavy atom. The molecule has 47 heavy (non-hydrogen) atoms. The van der Waals surface area contributed by atoms with E-state index in [4.69, 9.17) is 24.4 Å². The van der Waals surface area contributed by atoms with Gasteiger partial charge >= 0.3 is 0 Å². The molecule has 0 radical (unpaired) electrons. The first-order valence-electron chi connectivity index (χ1n) is 15.6. The summed E-state index contributed by atoms with van der Waals surface area (Å²) in [5.74, 6) is 1.68. The largest absolute Gasteiger partial charge is 0.456 e. The van der Waals surface area contributed by atoms with Gasteiger partial charge in [0.15, 0.2) is 17.5 Å². The number of para-hydroxylation sites is 2. The minimum absolute atomic E-state index is 0.523. The Morgan fingerprint density at radius 1 is 0.383 bits per heavy atom. The third-order valence-electron chi connectivity index (χ3n) is 9.09. The highest BCUT2D eigenvalue weighted by molar-refractivity contribution is 6.21. The number of pyridine rings is 1. The number of nitrogens with zero attached hydrogens (tertiary/aromatic N) is 4. The first-order chi connectivity index (χ1) is 23.3. The molecule has 10 aromatic rings. The maximum atomic E-state index is 6.26. The summed E-state index contributed by atoms with van der Waals surface area (Å²) in [6.07, 6.45) is 0. The number of hydrogen-bond donors (Lipinski definition) is 0. The lowest BCUT2D eigenvalue weighted by Gasteiger charge is -2.14. The van der Waals surface area contributed by atoms with Gasteiger partial charge in [-0.3, -0.25) is 0 Å². The summed E-state index contributed by atoms with van der Waals surface area (Å²) < 4.78 is 6.26. The van der Waals surface area contributed by atoms with Crippen LogP contribution in [-0.4, -0.2) is 19.9 Å². The van der Waals surface area contributed by atoms with Gasteiger partial charge in [0.05, 0.1) is 5.52 Å². The van der Waals surface area contributed by atoms with Gasteiger partial charge in [0.1, 0.15) is 16.9 Å². The molecule has 10 rings (SSSR count). The van der Waals surface area contributed by atoms with E-state index in [1.807, 2.05) is 36.4 Å². The van der Waals surface area contributed by atoms with Gasteiger partial charge < -0.3 is 4.42 Å². The van der Waals surface area contributed by atoms with Crippen molar-refractivity contribution in [3.05, 3.63) is 146 Å². The number of hydrogen-bond acceptors (Lipinski definition) is 5. The van der Waals surface area contributed by atoms with Gasteiger partial charge in [-0.2, -0.15) is 0 Å². The van der Waals surface area contributed by atoms with Crippen LogP contribution in [0.3, 0.4) is 0 Å². The molecule has 5 heteroatoms. The molecule has 218 valence electrons. The average molecular weight is 601 g/mol. The van der Waals surface area contributed by atoms with E-state index in [-0.39, 0.29) is 0 Å². The highest BCUT2D eigenvalue weighted by Gasteiger charge is 2.21. The number of aromatic nitrogens is 4. The number of benzene rings is 7. The third kappa shape index (κ3) is 4.03. The van der Waals surface area contributed by atoms with Crippen LogP contribution in [0.2, 0.25) is 0 Å². The van der Waals surface area contributed by atoms with E-state index < -0.39 is 0 Å². The summed E-state index contributed by atoms with van der Waals surface area (Å²) in [4.78, 5) is 20.9. The van der Waals surface area contributed by atoms with Crippen molar-refractivity contribution in [3.63, 3.8) is 0 Å². The molecule has 0 aliphatic rings. The number of rotatable bonds is 3. The summed E-state index contributed by atoms with van der Waals surface area (Å²) in [7, 11) is 0. The molecule has 7 aromatic carbocycles. The normalized spacial score (nSPS) is 11.8. The van der Waals surface area contributed by atoms with Crippen molar-refractivity contribution in [2.45, 2.75) is 0 Å². The number of furan rings is 1. The second kappa shape index (κ2) is 10.0. The van der Waals surface area contributed by atoms with E-state index in [9.17, 15) is 0 Å². The van der Waals surface area contributed by atoms with Crippen molar-refractivity contribution >= 4 is 65.2 Å². The molecule has 0 fully saturated rings. The molecule has 0 aliphatic carbocycles. The quantitative estimate of drug-likeness (QED) is 0.189. The zero-order valence-electron chi connectivity index (χ0n) is 25.1. The fraction of sp³-hybridized carbons (Fsp3) is 0. The number of fused-ring (bicyclic) bond motifs is 9. The Kier molecular flexibility index (Phi) is 5.51. The SMILES string of the molecule is c1ccc2cc(-c3nc(-c4cccc5oc6ccccc6c45)nc(-c4nc5ccccc5c5ccc6ccccc6c45)n3)ccc2c1. The molecule has 0 amide bonds. The van der Waals surface area contributed by atoms with Gasteiger partial charge in [0.2, 0.25) is 0 Å². The predicted octanol–water partition coefficient (Wildman–Crippen LogP) is 10.8. The molecule has 0 bridgehead atoms. The molecule has 0 N–H and O–H groups in total. The smallest absolute Gasteiger partial charge is 0.183 e. The van der Waals surface area contributed by atoms with Gasteiger partial charge in [-0.1, -0.05) is 121 Å². The lowest BCUT2D eigenvalue weighted by Crippen LogP contribution is -2.02. The van der Waals surface area contributed by atoms with Crippen molar-refractivity contribution in [3.8, 4) is 34.3 Å². The third-order valence-corrected chi connectivity index (χ3v) is 9.09. The van der Waals surface area contributed by atoms with Crippen molar-refractivity contribution in [2.24, 2.45) is 0 Å². The van der Waals surface area contributed by atoms with Crippen LogP contribution in [0.4, 0.5) is 0 Å². The molecule has 0 atom stereocenters. The van der Waals surface area contributed by atoms with Crippen LogP contribution >= 0.6 is 0 Å². The van der Waals surface area contributed by atoms with Gasteiger partial charge in [0, 0.05) is 32.7 Å². The highest BCUT2D eigenvalue weighted by Crippen LogP contribution is 2.39. The summed E-state index contributed by atoms with van der Waals surface area (Å²) in [5.41, 5.74) is 5.03. The molecule has 3 aromatic heterocycles. The lowest BCUT2D eigenvalue weighted by molar-refractivity contribution is 0.669. The first kappa shape index (κ1) is 25.8. The van der Waals surface area contributed by atoms with Crippen LogP contribution < -0.4 is 0 Å². The molecule has 0 aliphatic heterocycles. The Bertz CT molecular complexity index is 2870. The maximum Gasteiger partial charge on any atom is 0.183 e. The molecular formula is C42H24N4O. The van der Waals surface area contributed by atoms with Crippen molar-refractivity contribution in [2.75, 3.05) is 0 Å². The molecule has 0 spiro atoms. The van der Waals surface area contributed by atoms with E-state index in [2.05, 4.69) is 109 Å². The van der Waals surface area contributed by atoms with Crippen molar-refractivity contribution < 1.29 is 4.42 Å². The average Bonchev–Trinajstić information content (AvgIpc) is 3.53. The summed E-state index contributed by atoms with van der Waals surface area (Å²) >= 11 is 0. The monoisotopic (exact) mass is 600 g/mol. The minimum Gasteiger partial charge on any atom is -0.456 e. The van der Waals surface area contributed by atoms with E-state index >= 15 is 0 Å². The maximum absolute atomic E-state index is 6.26. The van der Waals surface area contributed by atoms with Crippen LogP contribution in [0.5, 0.6) is 0 Å². The first-order valence-corrected chi connectivity index (χ1v) is 15.6. The lowest BCUT2D eigenvalue weighted by atomic mass is 9.97. The van der Waals surface area contributed by atoms with Crippen molar-refractivity contribution in [1.29, 1.82) is 0 Å². The molecule has 3 heterocycles. The second-order valence-corrected chi connectivity index (χ2v) is 11.8. The summed E-state index contributed by atoms with van der Waals surface area (Å²) in [6, 6.07) is 49.9. The Labute approximate surface area is 268 Å². The Hall–Kier alpha value is -6.46. The van der Waals surface area contributed by atoms with Gasteiger partial charge in [-0.15, -0.1) is 0 Å². The van der Waals surface area contributed by atoms with E-state index in [1.165, 1.54) is 0 Å². The summed E-state index contributed by atoms with van der Waals surface area (Å²) in [6.45, 7) is 0. The topological polar surface area (TPSA) is 64.7 Å².